The van der Waals surface area contributed by atoms with E-state index in [-0.39, 0.29) is 17.5 Å². The number of hydrogen-bond donors (Lipinski definition) is 2. The number of rotatable bonds is 7. The lowest BCUT2D eigenvalue weighted by molar-refractivity contribution is 0.0949. The first-order valence-corrected chi connectivity index (χ1v) is 9.41. The molecule has 0 aliphatic carbocycles. The summed E-state index contributed by atoms with van der Waals surface area (Å²) in [5.74, 6) is 0.0833. The topological polar surface area (TPSA) is 106 Å². The number of H-pyrrole nitrogens is 1. The van der Waals surface area contributed by atoms with E-state index < -0.39 is 17.4 Å². The van der Waals surface area contributed by atoms with Gasteiger partial charge < -0.3 is 14.5 Å². The van der Waals surface area contributed by atoms with Crippen LogP contribution in [0.1, 0.15) is 29.9 Å². The van der Waals surface area contributed by atoms with Crippen LogP contribution in [0.25, 0.3) is 11.3 Å². The lowest BCUT2D eigenvalue weighted by Crippen LogP contribution is -2.24. The fourth-order valence-electron chi connectivity index (χ4n) is 2.69. The van der Waals surface area contributed by atoms with Gasteiger partial charge in [0.25, 0.3) is 5.91 Å². The highest BCUT2D eigenvalue weighted by Crippen LogP contribution is 2.28. The van der Waals surface area contributed by atoms with Crippen LogP contribution < -0.4 is 20.6 Å². The van der Waals surface area contributed by atoms with E-state index in [1.165, 1.54) is 43.7 Å². The molecule has 0 spiro atoms. The Labute approximate surface area is 177 Å². The third-order valence-electron chi connectivity index (χ3n) is 4.06. The second kappa shape index (κ2) is 9.66. The molecule has 1 heterocycles. The number of hydrogen-bond acceptors (Lipinski definition) is 6. The molecular formula is C22H21FN4O4. The first-order chi connectivity index (χ1) is 14.9. The minimum absolute atomic E-state index is 0.00461. The van der Waals surface area contributed by atoms with E-state index in [0.29, 0.717) is 22.6 Å². The Bertz CT molecular complexity index is 1160. The van der Waals surface area contributed by atoms with E-state index >= 15 is 0 Å². The Balaban J connectivity index is 1.74. The minimum atomic E-state index is -0.707. The highest BCUT2D eigenvalue weighted by Gasteiger charge is 2.11. The molecule has 0 saturated heterocycles. The molecule has 0 radical (unpaired) electrons. The number of aromatic nitrogens is 2. The van der Waals surface area contributed by atoms with Gasteiger partial charge in [-0.25, -0.2) is 14.6 Å². The van der Waals surface area contributed by atoms with E-state index in [2.05, 4.69) is 20.5 Å². The normalized spacial score (nSPS) is 11.0. The van der Waals surface area contributed by atoms with E-state index in [4.69, 9.17) is 9.47 Å². The van der Waals surface area contributed by atoms with Crippen molar-refractivity contribution in [3.05, 3.63) is 76.1 Å². The molecule has 160 valence electrons. The Morgan fingerprint density at radius 1 is 1.16 bits per heavy atom. The van der Waals surface area contributed by atoms with E-state index in [0.717, 1.165) is 0 Å². The third-order valence-corrected chi connectivity index (χ3v) is 4.06. The Morgan fingerprint density at radius 2 is 1.90 bits per heavy atom. The number of hydrazone groups is 1. The lowest BCUT2D eigenvalue weighted by atomic mass is 10.1. The number of ether oxygens (including phenoxy) is 2. The Hall–Kier alpha value is -4.01. The van der Waals surface area contributed by atoms with Crippen molar-refractivity contribution in [2.75, 3.05) is 7.11 Å². The van der Waals surface area contributed by atoms with Gasteiger partial charge >= 0.3 is 5.69 Å². The number of aromatic amines is 1. The van der Waals surface area contributed by atoms with Gasteiger partial charge in [0, 0.05) is 5.56 Å². The standard InChI is InChI=1S/C22H21FN4O4/c1-13(2)31-19-9-4-14(10-20(19)30-3)12-24-27-21(28)18-11-17(25-22(29)26-18)15-5-7-16(23)8-6-15/h4-13H,1-3H3,(H,27,28)(H,25,26,29)/b24-12+. The summed E-state index contributed by atoms with van der Waals surface area (Å²) in [7, 11) is 1.53. The molecule has 3 aromatic rings. The van der Waals surface area contributed by atoms with Crippen LogP contribution in [0.2, 0.25) is 0 Å². The zero-order chi connectivity index (χ0) is 22.4. The van der Waals surface area contributed by atoms with Crippen molar-refractivity contribution < 1.29 is 18.7 Å². The molecule has 31 heavy (non-hydrogen) atoms. The summed E-state index contributed by atoms with van der Waals surface area (Å²) >= 11 is 0. The Morgan fingerprint density at radius 3 is 2.58 bits per heavy atom. The second-order valence-electron chi connectivity index (χ2n) is 6.77. The van der Waals surface area contributed by atoms with Crippen LogP contribution in [0.4, 0.5) is 4.39 Å². The molecule has 0 unspecified atom stereocenters. The van der Waals surface area contributed by atoms with Gasteiger partial charge in [-0.05, 0) is 67.9 Å². The van der Waals surface area contributed by atoms with Gasteiger partial charge in [-0.3, -0.25) is 4.79 Å². The summed E-state index contributed by atoms with van der Waals surface area (Å²) in [5, 5.41) is 3.91. The predicted octanol–water partition coefficient (Wildman–Crippen LogP) is 3.14. The average Bonchev–Trinajstić information content (AvgIpc) is 2.74. The summed E-state index contributed by atoms with van der Waals surface area (Å²) < 4.78 is 24.1. The highest BCUT2D eigenvalue weighted by molar-refractivity contribution is 5.94. The van der Waals surface area contributed by atoms with Gasteiger partial charge in [-0.1, -0.05) is 0 Å². The fraction of sp³-hybridized carbons (Fsp3) is 0.182. The minimum Gasteiger partial charge on any atom is -0.493 e. The number of nitrogens with one attached hydrogen (secondary N) is 2. The maximum atomic E-state index is 13.1. The zero-order valence-corrected chi connectivity index (χ0v) is 17.2. The summed E-state index contributed by atoms with van der Waals surface area (Å²) in [4.78, 5) is 30.4. The highest BCUT2D eigenvalue weighted by atomic mass is 19.1. The third kappa shape index (κ3) is 5.75. The molecule has 3 rings (SSSR count). The average molecular weight is 424 g/mol. The summed E-state index contributed by atoms with van der Waals surface area (Å²) in [5.41, 5.74) is 3.02. The SMILES string of the molecule is COc1cc(/C=N/NC(=O)c2cc(-c3ccc(F)cc3)nc(=O)[nH]2)ccc1OC(C)C. The molecule has 2 aromatic carbocycles. The van der Waals surface area contributed by atoms with Crippen molar-refractivity contribution in [2.45, 2.75) is 20.0 Å². The fourth-order valence-corrected chi connectivity index (χ4v) is 2.69. The quantitative estimate of drug-likeness (QED) is 0.448. The molecule has 1 aromatic heterocycles. The van der Waals surface area contributed by atoms with E-state index in [1.54, 1.807) is 18.2 Å². The molecule has 0 bridgehead atoms. The van der Waals surface area contributed by atoms with Crippen molar-refractivity contribution in [3.63, 3.8) is 0 Å². The van der Waals surface area contributed by atoms with Crippen molar-refractivity contribution in [1.82, 2.24) is 15.4 Å². The van der Waals surface area contributed by atoms with Gasteiger partial charge in [0.1, 0.15) is 11.5 Å². The van der Waals surface area contributed by atoms with E-state index in [9.17, 15) is 14.0 Å². The van der Waals surface area contributed by atoms with Crippen LogP contribution in [0.3, 0.4) is 0 Å². The van der Waals surface area contributed by atoms with Gasteiger partial charge in [0.05, 0.1) is 25.1 Å². The largest absolute Gasteiger partial charge is 0.493 e. The summed E-state index contributed by atoms with van der Waals surface area (Å²) in [6, 6.07) is 12.0. The number of benzene rings is 2. The Kier molecular flexibility index (Phi) is 6.76. The molecule has 8 nitrogen and oxygen atoms in total. The lowest BCUT2D eigenvalue weighted by Gasteiger charge is -2.13. The van der Waals surface area contributed by atoms with Gasteiger partial charge in [-0.15, -0.1) is 0 Å². The molecular weight excluding hydrogens is 403 g/mol. The molecule has 0 aliphatic rings. The summed E-state index contributed by atoms with van der Waals surface area (Å²) in [6.45, 7) is 3.82. The number of methoxy groups -OCH3 is 1. The number of nitrogens with zero attached hydrogens (tertiary/aromatic N) is 2. The van der Waals surface area contributed by atoms with Crippen LogP contribution >= 0.6 is 0 Å². The van der Waals surface area contributed by atoms with Crippen LogP contribution in [0.5, 0.6) is 11.5 Å². The summed E-state index contributed by atoms with van der Waals surface area (Å²) in [6.07, 6.45) is 1.43. The maximum Gasteiger partial charge on any atom is 0.346 e. The number of carbonyl (C=O) groups is 1. The van der Waals surface area contributed by atoms with Gasteiger partial charge in [0.15, 0.2) is 11.5 Å². The van der Waals surface area contributed by atoms with Crippen molar-refractivity contribution in [1.29, 1.82) is 0 Å². The first kappa shape index (κ1) is 21.7. The number of carbonyl (C=O) groups excluding carboxylic acids is 1. The van der Waals surface area contributed by atoms with Crippen LogP contribution in [0, 0.1) is 5.82 Å². The monoisotopic (exact) mass is 424 g/mol. The van der Waals surface area contributed by atoms with Gasteiger partial charge in [-0.2, -0.15) is 10.1 Å². The zero-order valence-electron chi connectivity index (χ0n) is 17.2. The predicted molar refractivity (Wildman–Crippen MR) is 114 cm³/mol. The van der Waals surface area contributed by atoms with Crippen molar-refractivity contribution in [3.8, 4) is 22.8 Å². The molecule has 2 N–H and O–H groups in total. The maximum absolute atomic E-state index is 13.1. The molecule has 0 fully saturated rings. The smallest absolute Gasteiger partial charge is 0.346 e. The van der Waals surface area contributed by atoms with Crippen LogP contribution in [0.15, 0.2) is 58.4 Å². The van der Waals surface area contributed by atoms with Crippen molar-refractivity contribution >= 4 is 12.1 Å². The molecule has 0 atom stereocenters. The number of amides is 1. The molecule has 0 saturated carbocycles. The van der Waals surface area contributed by atoms with Crippen molar-refractivity contribution in [2.24, 2.45) is 5.10 Å². The van der Waals surface area contributed by atoms with Gasteiger partial charge in [0.2, 0.25) is 0 Å². The molecule has 0 aliphatic heterocycles. The van der Waals surface area contributed by atoms with Crippen LogP contribution in [-0.2, 0) is 0 Å². The number of halogens is 1. The molecule has 9 heteroatoms. The molecule has 1 amide bonds. The van der Waals surface area contributed by atoms with Crippen LogP contribution in [-0.4, -0.2) is 35.3 Å². The van der Waals surface area contributed by atoms with E-state index in [1.807, 2.05) is 13.8 Å². The second-order valence-corrected chi connectivity index (χ2v) is 6.77. The first-order valence-electron chi connectivity index (χ1n) is 9.41.